The summed E-state index contributed by atoms with van der Waals surface area (Å²) in [7, 11) is 0. The van der Waals surface area contributed by atoms with Crippen LogP contribution in [0.4, 0.5) is 0 Å². The van der Waals surface area contributed by atoms with E-state index in [0.717, 1.165) is 18.5 Å². The molecule has 0 aliphatic heterocycles. The molecule has 4 rings (SSSR count). The third-order valence-corrected chi connectivity index (χ3v) is 6.28. The molecule has 0 radical (unpaired) electrons. The first-order valence-electron chi connectivity index (χ1n) is 10.2. The molecule has 1 aromatic carbocycles. The molecule has 2 aromatic heterocycles. The number of hydrogen-bond donors (Lipinski definition) is 1. The van der Waals surface area contributed by atoms with Crippen LogP contribution in [0.5, 0.6) is 0 Å². The molecule has 0 spiro atoms. The zero-order valence-electron chi connectivity index (χ0n) is 16.6. The maximum Gasteiger partial charge on any atom is 0.233 e. The van der Waals surface area contributed by atoms with E-state index in [1.54, 1.807) is 6.26 Å². The number of para-hydroxylation sites is 1. The molecule has 1 aliphatic rings. The van der Waals surface area contributed by atoms with Crippen molar-refractivity contribution in [2.75, 3.05) is 0 Å². The highest BCUT2D eigenvalue weighted by atomic mass is 32.2. The Bertz CT molecular complexity index is 916. The van der Waals surface area contributed by atoms with Gasteiger partial charge in [-0.25, -0.2) is 0 Å². The lowest BCUT2D eigenvalue weighted by molar-refractivity contribution is -0.121. The van der Waals surface area contributed by atoms with Gasteiger partial charge in [0.2, 0.25) is 11.7 Å². The molecule has 6 nitrogen and oxygen atoms in total. The van der Waals surface area contributed by atoms with Crippen LogP contribution >= 0.6 is 11.8 Å². The molecule has 3 aromatic rings. The molecular weight excluding hydrogens is 384 g/mol. The Morgan fingerprint density at radius 1 is 1.10 bits per heavy atom. The van der Waals surface area contributed by atoms with E-state index in [9.17, 15) is 4.79 Å². The van der Waals surface area contributed by atoms with E-state index in [1.807, 2.05) is 54.0 Å². The van der Waals surface area contributed by atoms with Gasteiger partial charge < -0.3 is 9.73 Å². The van der Waals surface area contributed by atoms with Crippen LogP contribution in [0.2, 0.25) is 0 Å². The number of rotatable bonds is 6. The van der Waals surface area contributed by atoms with E-state index in [1.165, 1.54) is 37.4 Å². The average Bonchev–Trinajstić information content (AvgIpc) is 3.34. The van der Waals surface area contributed by atoms with Gasteiger partial charge in [0.15, 0.2) is 10.9 Å². The van der Waals surface area contributed by atoms with Crippen molar-refractivity contribution in [1.82, 2.24) is 20.1 Å². The average molecular weight is 411 g/mol. The molecule has 0 unspecified atom stereocenters. The summed E-state index contributed by atoms with van der Waals surface area (Å²) in [6.07, 6.45) is 8.70. The topological polar surface area (TPSA) is 73.0 Å². The minimum atomic E-state index is -0.269. The number of benzene rings is 1. The number of amides is 1. The smallest absolute Gasteiger partial charge is 0.233 e. The van der Waals surface area contributed by atoms with E-state index in [0.29, 0.717) is 22.8 Å². The fraction of sp³-hybridized carbons (Fsp3) is 0.409. The molecule has 29 heavy (non-hydrogen) atoms. The van der Waals surface area contributed by atoms with Gasteiger partial charge in [0.05, 0.1) is 11.5 Å². The number of nitrogens with one attached hydrogen (secondary N) is 1. The first-order valence-corrected chi connectivity index (χ1v) is 11.1. The molecule has 1 fully saturated rings. The molecule has 0 saturated heterocycles. The fourth-order valence-electron chi connectivity index (χ4n) is 3.68. The van der Waals surface area contributed by atoms with Crippen LogP contribution in [0.3, 0.4) is 0 Å². The predicted molar refractivity (Wildman–Crippen MR) is 114 cm³/mol. The van der Waals surface area contributed by atoms with Crippen molar-refractivity contribution in [3.63, 3.8) is 0 Å². The summed E-state index contributed by atoms with van der Waals surface area (Å²) < 4.78 is 7.49. The van der Waals surface area contributed by atoms with Crippen molar-refractivity contribution in [3.05, 3.63) is 48.7 Å². The van der Waals surface area contributed by atoms with Crippen LogP contribution < -0.4 is 5.32 Å². The van der Waals surface area contributed by atoms with Gasteiger partial charge in [-0.3, -0.25) is 9.36 Å². The van der Waals surface area contributed by atoms with Gasteiger partial charge in [0.1, 0.15) is 0 Å². The number of thioether (sulfide) groups is 1. The van der Waals surface area contributed by atoms with Gasteiger partial charge in [-0.15, -0.1) is 10.2 Å². The summed E-state index contributed by atoms with van der Waals surface area (Å²) in [4.78, 5) is 12.8. The summed E-state index contributed by atoms with van der Waals surface area (Å²) >= 11 is 1.42. The van der Waals surface area contributed by atoms with Gasteiger partial charge in [-0.2, -0.15) is 0 Å². The Hall–Kier alpha value is -2.54. The van der Waals surface area contributed by atoms with Crippen LogP contribution in [-0.2, 0) is 4.79 Å². The zero-order chi connectivity index (χ0) is 20.1. The molecule has 7 heteroatoms. The van der Waals surface area contributed by atoms with Gasteiger partial charge in [0, 0.05) is 11.7 Å². The van der Waals surface area contributed by atoms with Crippen LogP contribution in [0, 0.1) is 0 Å². The monoisotopic (exact) mass is 410 g/mol. The minimum absolute atomic E-state index is 0.0593. The van der Waals surface area contributed by atoms with E-state index in [2.05, 4.69) is 15.5 Å². The Kier molecular flexibility index (Phi) is 6.34. The second-order valence-electron chi connectivity index (χ2n) is 7.41. The lowest BCUT2D eigenvalue weighted by atomic mass is 10.1. The molecule has 0 bridgehead atoms. The maximum absolute atomic E-state index is 12.8. The van der Waals surface area contributed by atoms with E-state index in [-0.39, 0.29) is 11.2 Å². The van der Waals surface area contributed by atoms with E-state index < -0.39 is 0 Å². The van der Waals surface area contributed by atoms with Crippen LogP contribution in [-0.4, -0.2) is 32.0 Å². The summed E-state index contributed by atoms with van der Waals surface area (Å²) in [5.74, 6) is 1.33. The van der Waals surface area contributed by atoms with Crippen LogP contribution in [0.15, 0.2) is 58.3 Å². The van der Waals surface area contributed by atoms with E-state index in [4.69, 9.17) is 4.42 Å². The van der Waals surface area contributed by atoms with Crippen molar-refractivity contribution < 1.29 is 9.21 Å². The minimum Gasteiger partial charge on any atom is -0.461 e. The molecule has 152 valence electrons. The number of furan rings is 1. The quantitative estimate of drug-likeness (QED) is 0.465. The van der Waals surface area contributed by atoms with Crippen molar-refractivity contribution in [3.8, 4) is 17.3 Å². The number of aromatic nitrogens is 3. The van der Waals surface area contributed by atoms with Crippen LogP contribution in [0.25, 0.3) is 17.3 Å². The summed E-state index contributed by atoms with van der Waals surface area (Å²) in [6.45, 7) is 1.92. The zero-order valence-corrected chi connectivity index (χ0v) is 17.4. The SMILES string of the molecule is C[C@@H](Sc1nnc(-c2ccco2)n1-c1ccccc1)C(=O)NC1CCCCCC1. The third kappa shape index (κ3) is 4.72. The lowest BCUT2D eigenvalue weighted by Crippen LogP contribution is -2.39. The predicted octanol–water partition coefficient (Wildman–Crippen LogP) is 4.85. The van der Waals surface area contributed by atoms with E-state index >= 15 is 0 Å². The maximum atomic E-state index is 12.8. The highest BCUT2D eigenvalue weighted by molar-refractivity contribution is 8.00. The van der Waals surface area contributed by atoms with Crippen molar-refractivity contribution in [2.45, 2.75) is 61.9 Å². The lowest BCUT2D eigenvalue weighted by Gasteiger charge is -2.19. The van der Waals surface area contributed by atoms with Crippen molar-refractivity contribution >= 4 is 17.7 Å². The Balaban J connectivity index is 1.54. The first-order chi connectivity index (χ1) is 14.2. The fourth-order valence-corrected chi connectivity index (χ4v) is 4.55. The largest absolute Gasteiger partial charge is 0.461 e. The Morgan fingerprint density at radius 2 is 1.86 bits per heavy atom. The number of hydrogen-bond acceptors (Lipinski definition) is 5. The van der Waals surface area contributed by atoms with Crippen LogP contribution in [0.1, 0.15) is 45.4 Å². The molecular formula is C22H26N4O2S. The Morgan fingerprint density at radius 3 is 2.55 bits per heavy atom. The molecule has 1 N–H and O–H groups in total. The van der Waals surface area contributed by atoms with Crippen molar-refractivity contribution in [2.24, 2.45) is 0 Å². The standard InChI is InChI=1S/C22H26N4O2S/c1-16(21(27)23-17-10-5-2-3-6-11-17)29-22-25-24-20(19-14-9-15-28-19)26(22)18-12-7-4-8-13-18/h4,7-9,12-17H,2-3,5-6,10-11H2,1H3,(H,23,27)/t16-/m1/s1. The molecule has 2 heterocycles. The molecule has 1 saturated carbocycles. The summed E-state index contributed by atoms with van der Waals surface area (Å²) in [5, 5.41) is 12.4. The molecule has 1 atom stereocenters. The molecule has 1 aliphatic carbocycles. The normalized spacial score (nSPS) is 16.3. The Labute approximate surface area is 175 Å². The second kappa shape index (κ2) is 9.31. The third-order valence-electron chi connectivity index (χ3n) is 5.24. The number of carbonyl (C=O) groups is 1. The number of carbonyl (C=O) groups excluding carboxylic acids is 1. The first kappa shape index (κ1) is 19.8. The summed E-state index contributed by atoms with van der Waals surface area (Å²) in [5.41, 5.74) is 0.933. The second-order valence-corrected chi connectivity index (χ2v) is 8.72. The highest BCUT2D eigenvalue weighted by Gasteiger charge is 2.24. The van der Waals surface area contributed by atoms with Crippen molar-refractivity contribution in [1.29, 1.82) is 0 Å². The van der Waals surface area contributed by atoms with Gasteiger partial charge >= 0.3 is 0 Å². The highest BCUT2D eigenvalue weighted by Crippen LogP contribution is 2.30. The van der Waals surface area contributed by atoms with Gasteiger partial charge in [-0.05, 0) is 44.0 Å². The number of nitrogens with zero attached hydrogens (tertiary/aromatic N) is 3. The van der Waals surface area contributed by atoms with Gasteiger partial charge in [-0.1, -0.05) is 55.6 Å². The summed E-state index contributed by atoms with van der Waals surface area (Å²) in [6, 6.07) is 13.9. The molecule has 1 amide bonds. The van der Waals surface area contributed by atoms with Gasteiger partial charge in [0.25, 0.3) is 0 Å².